The number of carbonyl (C=O) groups is 1. The Balaban J connectivity index is 1.89. The van der Waals surface area contributed by atoms with Gasteiger partial charge in [-0.25, -0.2) is 0 Å². The Hall–Kier alpha value is -3.59. The Labute approximate surface area is 212 Å². The van der Waals surface area contributed by atoms with Gasteiger partial charge in [0.25, 0.3) is 0 Å². The van der Waals surface area contributed by atoms with Crippen molar-refractivity contribution in [2.75, 3.05) is 53.5 Å². The van der Waals surface area contributed by atoms with Crippen molar-refractivity contribution in [1.29, 1.82) is 0 Å². The highest BCUT2D eigenvalue weighted by Gasteiger charge is 2.31. The Kier molecular flexibility index (Phi) is 9.69. The van der Waals surface area contributed by atoms with Gasteiger partial charge in [-0.2, -0.15) is 0 Å². The van der Waals surface area contributed by atoms with Crippen LogP contribution in [0.4, 0.5) is 5.69 Å². The molecule has 0 radical (unpaired) electrons. The summed E-state index contributed by atoms with van der Waals surface area (Å²) >= 11 is 0. The van der Waals surface area contributed by atoms with Gasteiger partial charge in [0.2, 0.25) is 5.75 Å². The van der Waals surface area contributed by atoms with Crippen LogP contribution in [0.25, 0.3) is 0 Å². The molecule has 36 heavy (non-hydrogen) atoms. The van der Waals surface area contributed by atoms with Gasteiger partial charge in [-0.05, 0) is 55.2 Å². The second-order valence-corrected chi connectivity index (χ2v) is 8.01. The van der Waals surface area contributed by atoms with Crippen molar-refractivity contribution in [3.63, 3.8) is 0 Å². The lowest BCUT2D eigenvalue weighted by atomic mass is 10.0. The molecule has 0 saturated carbocycles. The number of esters is 1. The standard InChI is InChI=1S/C27H35NO8/c1-7-11-35-26-19(28-16-25(29)34-8-2)12-17(13-22(26)30-3)20-9-10-21(36-20)18-14-23(31-4)27(33-6)24(15-18)32-5/h7,12-15,20-21,28H,1,8-11,16H2,2-6H3/t20-,21-/m0/s1. The van der Waals surface area contributed by atoms with E-state index in [0.29, 0.717) is 41.0 Å². The van der Waals surface area contributed by atoms with E-state index < -0.39 is 0 Å². The minimum Gasteiger partial charge on any atom is -0.493 e. The first-order valence-corrected chi connectivity index (χ1v) is 11.8. The Morgan fingerprint density at radius 1 is 0.944 bits per heavy atom. The molecule has 9 heteroatoms. The highest BCUT2D eigenvalue weighted by atomic mass is 16.5. The van der Waals surface area contributed by atoms with Gasteiger partial charge in [0.15, 0.2) is 23.0 Å². The lowest BCUT2D eigenvalue weighted by Gasteiger charge is -2.21. The van der Waals surface area contributed by atoms with Crippen molar-refractivity contribution in [1.82, 2.24) is 0 Å². The van der Waals surface area contributed by atoms with E-state index in [9.17, 15) is 4.79 Å². The molecule has 2 aromatic carbocycles. The first kappa shape index (κ1) is 27.0. The number of hydrogen-bond donors (Lipinski definition) is 1. The summed E-state index contributed by atoms with van der Waals surface area (Å²) in [6.07, 6.45) is 2.87. The van der Waals surface area contributed by atoms with Crippen molar-refractivity contribution in [2.45, 2.75) is 32.0 Å². The smallest absolute Gasteiger partial charge is 0.325 e. The molecule has 9 nitrogen and oxygen atoms in total. The van der Waals surface area contributed by atoms with E-state index in [2.05, 4.69) is 11.9 Å². The van der Waals surface area contributed by atoms with E-state index in [1.807, 2.05) is 24.3 Å². The molecule has 2 aromatic rings. The number of benzene rings is 2. The molecule has 0 unspecified atom stereocenters. The van der Waals surface area contributed by atoms with Crippen LogP contribution < -0.4 is 29.0 Å². The van der Waals surface area contributed by atoms with Gasteiger partial charge >= 0.3 is 5.97 Å². The Morgan fingerprint density at radius 2 is 1.50 bits per heavy atom. The monoisotopic (exact) mass is 501 g/mol. The Bertz CT molecular complexity index is 1030. The molecule has 2 atom stereocenters. The molecule has 1 N–H and O–H groups in total. The maximum absolute atomic E-state index is 12.0. The van der Waals surface area contributed by atoms with Gasteiger partial charge in [-0.3, -0.25) is 4.79 Å². The maximum Gasteiger partial charge on any atom is 0.325 e. The van der Waals surface area contributed by atoms with Crippen molar-refractivity contribution in [3.05, 3.63) is 48.0 Å². The second kappa shape index (κ2) is 12.9. The molecule has 0 aromatic heterocycles. The van der Waals surface area contributed by atoms with Crippen molar-refractivity contribution in [2.24, 2.45) is 0 Å². The van der Waals surface area contributed by atoms with E-state index >= 15 is 0 Å². The highest BCUT2D eigenvalue weighted by molar-refractivity contribution is 5.77. The van der Waals surface area contributed by atoms with E-state index in [1.54, 1.807) is 41.4 Å². The molecule has 1 aliphatic rings. The highest BCUT2D eigenvalue weighted by Crippen LogP contribution is 2.48. The quantitative estimate of drug-likeness (QED) is 0.305. The van der Waals surface area contributed by atoms with Crippen LogP contribution in [0.15, 0.2) is 36.9 Å². The summed E-state index contributed by atoms with van der Waals surface area (Å²) in [6.45, 7) is 6.06. The number of nitrogens with one attached hydrogen (secondary N) is 1. The van der Waals surface area contributed by atoms with Crippen molar-refractivity contribution in [3.8, 4) is 28.7 Å². The van der Waals surface area contributed by atoms with Crippen LogP contribution in [0.2, 0.25) is 0 Å². The summed E-state index contributed by atoms with van der Waals surface area (Å²) in [5.74, 6) is 2.35. The maximum atomic E-state index is 12.0. The van der Waals surface area contributed by atoms with Crippen LogP contribution in [0.5, 0.6) is 28.7 Å². The topological polar surface area (TPSA) is 93.7 Å². The number of anilines is 1. The van der Waals surface area contributed by atoms with Crippen LogP contribution >= 0.6 is 0 Å². The van der Waals surface area contributed by atoms with Gasteiger partial charge in [0.05, 0.1) is 52.9 Å². The third-order valence-electron chi connectivity index (χ3n) is 5.82. The van der Waals surface area contributed by atoms with Crippen molar-refractivity contribution >= 4 is 11.7 Å². The van der Waals surface area contributed by atoms with Crippen molar-refractivity contribution < 1.29 is 38.0 Å². The molecular formula is C27H35NO8. The molecule has 0 spiro atoms. The number of hydrogen-bond acceptors (Lipinski definition) is 9. The molecule has 196 valence electrons. The second-order valence-electron chi connectivity index (χ2n) is 8.01. The molecule has 1 saturated heterocycles. The largest absolute Gasteiger partial charge is 0.493 e. The van der Waals surface area contributed by atoms with Crippen LogP contribution in [0, 0.1) is 0 Å². The van der Waals surface area contributed by atoms with E-state index in [1.165, 1.54) is 0 Å². The molecule has 0 aliphatic carbocycles. The third kappa shape index (κ3) is 6.15. The summed E-state index contributed by atoms with van der Waals surface area (Å²) < 4.78 is 39.4. The van der Waals surface area contributed by atoms with E-state index in [4.69, 9.17) is 33.2 Å². The van der Waals surface area contributed by atoms with Crippen LogP contribution in [0.3, 0.4) is 0 Å². The van der Waals surface area contributed by atoms with E-state index in [-0.39, 0.29) is 31.3 Å². The van der Waals surface area contributed by atoms with Gasteiger partial charge in [0.1, 0.15) is 13.2 Å². The summed E-state index contributed by atoms with van der Waals surface area (Å²) in [6, 6.07) is 7.64. The third-order valence-corrected chi connectivity index (χ3v) is 5.82. The zero-order valence-corrected chi connectivity index (χ0v) is 21.6. The number of rotatable bonds is 13. The molecule has 1 heterocycles. The Morgan fingerprint density at radius 3 is 2.00 bits per heavy atom. The molecule has 1 aliphatic heterocycles. The lowest BCUT2D eigenvalue weighted by Crippen LogP contribution is -2.17. The normalized spacial score (nSPS) is 16.7. The molecule has 1 fully saturated rings. The summed E-state index contributed by atoms with van der Waals surface area (Å²) in [4.78, 5) is 12.0. The molecule has 0 amide bonds. The van der Waals surface area contributed by atoms with Crippen LogP contribution in [-0.2, 0) is 14.3 Å². The van der Waals surface area contributed by atoms with Gasteiger partial charge < -0.3 is 38.5 Å². The van der Waals surface area contributed by atoms with Crippen LogP contribution in [-0.4, -0.2) is 54.2 Å². The molecule has 3 rings (SSSR count). The summed E-state index contributed by atoms with van der Waals surface area (Å²) in [5.41, 5.74) is 2.45. The number of ether oxygens (including phenoxy) is 7. The van der Waals surface area contributed by atoms with Crippen LogP contribution in [0.1, 0.15) is 43.1 Å². The van der Waals surface area contributed by atoms with Gasteiger partial charge in [0, 0.05) is 0 Å². The zero-order chi connectivity index (χ0) is 26.1. The average molecular weight is 502 g/mol. The predicted octanol–water partition coefficient (Wildman–Crippen LogP) is 4.85. The first-order chi connectivity index (χ1) is 17.5. The number of carbonyl (C=O) groups excluding carboxylic acids is 1. The van der Waals surface area contributed by atoms with Gasteiger partial charge in [-0.15, -0.1) is 0 Å². The zero-order valence-electron chi connectivity index (χ0n) is 21.6. The molecule has 0 bridgehead atoms. The minimum atomic E-state index is -0.365. The van der Waals surface area contributed by atoms with Gasteiger partial charge in [-0.1, -0.05) is 12.7 Å². The average Bonchev–Trinajstić information content (AvgIpc) is 3.40. The minimum absolute atomic E-state index is 0.00944. The fourth-order valence-corrected chi connectivity index (χ4v) is 4.18. The first-order valence-electron chi connectivity index (χ1n) is 11.8. The summed E-state index contributed by atoms with van der Waals surface area (Å²) in [7, 11) is 6.33. The SMILES string of the molecule is C=CCOc1c(NCC(=O)OCC)cc([C@@H]2CC[C@@H](c3cc(OC)c(OC)c(OC)c3)O2)cc1OC. The van der Waals surface area contributed by atoms with E-state index in [0.717, 1.165) is 24.0 Å². The fraction of sp³-hybridized carbons (Fsp3) is 0.444. The fourth-order valence-electron chi connectivity index (χ4n) is 4.18. The summed E-state index contributed by atoms with van der Waals surface area (Å²) in [5, 5.41) is 3.11. The lowest BCUT2D eigenvalue weighted by molar-refractivity contribution is -0.140. The molecular weight excluding hydrogens is 466 g/mol. The number of methoxy groups -OCH3 is 4. The predicted molar refractivity (Wildman–Crippen MR) is 136 cm³/mol.